The highest BCUT2D eigenvalue weighted by Gasteiger charge is 2.09. The Labute approximate surface area is 71.1 Å². The van der Waals surface area contributed by atoms with Crippen molar-refractivity contribution in [2.75, 3.05) is 25.7 Å². The van der Waals surface area contributed by atoms with E-state index in [-0.39, 0.29) is 0 Å². The Kier molecular flexibility index (Phi) is 2.28. The molecule has 0 saturated carbocycles. The minimum Gasteiger partial charge on any atom is -0.493 e. The van der Waals surface area contributed by atoms with Crippen LogP contribution in [0.25, 0.3) is 0 Å². The second-order valence-electron chi connectivity index (χ2n) is 2.22. The smallest absolute Gasteiger partial charge is 0.185 e. The lowest BCUT2D eigenvalue weighted by Crippen LogP contribution is -2.00. The SMILES string of the molecule is COc1c[c]c(N)c(N)c1OC. The first-order valence-electron chi connectivity index (χ1n) is 3.38. The van der Waals surface area contributed by atoms with E-state index in [1.807, 2.05) is 0 Å². The van der Waals surface area contributed by atoms with Crippen molar-refractivity contribution < 1.29 is 9.47 Å². The van der Waals surface area contributed by atoms with Crippen LogP contribution in [-0.4, -0.2) is 14.2 Å². The molecule has 65 valence electrons. The molecular weight excluding hydrogens is 156 g/mol. The summed E-state index contributed by atoms with van der Waals surface area (Å²) in [6.45, 7) is 0. The molecule has 0 heterocycles. The minimum absolute atomic E-state index is 0.358. The Hall–Kier alpha value is -1.58. The third-order valence-corrected chi connectivity index (χ3v) is 1.54. The maximum atomic E-state index is 5.61. The molecule has 1 radical (unpaired) electrons. The first-order chi connectivity index (χ1) is 5.70. The van der Waals surface area contributed by atoms with Gasteiger partial charge in [-0.3, -0.25) is 0 Å². The van der Waals surface area contributed by atoms with E-state index in [0.29, 0.717) is 22.9 Å². The predicted molar refractivity (Wildman–Crippen MR) is 47.2 cm³/mol. The Morgan fingerprint density at radius 1 is 1.25 bits per heavy atom. The van der Waals surface area contributed by atoms with Gasteiger partial charge in [0.25, 0.3) is 0 Å². The Bertz CT molecular complexity index is 287. The second kappa shape index (κ2) is 3.21. The van der Waals surface area contributed by atoms with Gasteiger partial charge in [-0.05, 0) is 6.07 Å². The first-order valence-corrected chi connectivity index (χ1v) is 3.38. The van der Waals surface area contributed by atoms with E-state index in [9.17, 15) is 0 Å². The Morgan fingerprint density at radius 3 is 2.42 bits per heavy atom. The third kappa shape index (κ3) is 1.23. The minimum atomic E-state index is 0.358. The van der Waals surface area contributed by atoms with Crippen molar-refractivity contribution in [1.29, 1.82) is 0 Å². The van der Waals surface area contributed by atoms with E-state index in [4.69, 9.17) is 20.9 Å². The zero-order valence-electron chi connectivity index (χ0n) is 7.05. The van der Waals surface area contributed by atoms with E-state index < -0.39 is 0 Å². The van der Waals surface area contributed by atoms with Crippen LogP contribution < -0.4 is 20.9 Å². The quantitative estimate of drug-likeness (QED) is 0.635. The van der Waals surface area contributed by atoms with Crippen molar-refractivity contribution in [3.05, 3.63) is 12.1 Å². The zero-order chi connectivity index (χ0) is 9.14. The van der Waals surface area contributed by atoms with Gasteiger partial charge in [0, 0.05) is 6.07 Å². The fourth-order valence-electron chi connectivity index (χ4n) is 0.904. The molecule has 0 aromatic heterocycles. The van der Waals surface area contributed by atoms with Crippen molar-refractivity contribution in [1.82, 2.24) is 0 Å². The van der Waals surface area contributed by atoms with Crippen molar-refractivity contribution >= 4 is 11.4 Å². The normalized spacial score (nSPS) is 9.50. The van der Waals surface area contributed by atoms with E-state index in [1.54, 1.807) is 6.07 Å². The lowest BCUT2D eigenvalue weighted by molar-refractivity contribution is 0.356. The van der Waals surface area contributed by atoms with Crippen molar-refractivity contribution in [2.24, 2.45) is 0 Å². The largest absolute Gasteiger partial charge is 0.493 e. The first kappa shape index (κ1) is 8.52. The van der Waals surface area contributed by atoms with Crippen LogP contribution in [0.4, 0.5) is 11.4 Å². The highest BCUT2D eigenvalue weighted by molar-refractivity contribution is 5.74. The third-order valence-electron chi connectivity index (χ3n) is 1.54. The topological polar surface area (TPSA) is 70.5 Å². The molecule has 0 bridgehead atoms. The molecule has 0 unspecified atom stereocenters. The van der Waals surface area contributed by atoms with Gasteiger partial charge < -0.3 is 20.9 Å². The van der Waals surface area contributed by atoms with Crippen molar-refractivity contribution in [3.8, 4) is 11.5 Å². The molecule has 1 aromatic carbocycles. The number of ether oxygens (including phenoxy) is 2. The molecule has 0 spiro atoms. The zero-order valence-corrected chi connectivity index (χ0v) is 7.05. The lowest BCUT2D eigenvalue weighted by atomic mass is 10.2. The average molecular weight is 167 g/mol. The molecule has 12 heavy (non-hydrogen) atoms. The maximum Gasteiger partial charge on any atom is 0.185 e. The van der Waals surface area contributed by atoms with Gasteiger partial charge >= 0.3 is 0 Å². The van der Waals surface area contributed by atoms with Gasteiger partial charge in [0.2, 0.25) is 0 Å². The number of methoxy groups -OCH3 is 2. The van der Waals surface area contributed by atoms with Crippen LogP contribution in [0.5, 0.6) is 11.5 Å². The van der Waals surface area contributed by atoms with E-state index in [0.717, 1.165) is 0 Å². The summed E-state index contributed by atoms with van der Waals surface area (Å²) in [6, 6.07) is 4.33. The molecule has 0 amide bonds. The summed E-state index contributed by atoms with van der Waals surface area (Å²) in [5.74, 6) is 0.984. The maximum absolute atomic E-state index is 5.61. The molecule has 0 atom stereocenters. The van der Waals surface area contributed by atoms with Crippen molar-refractivity contribution in [3.63, 3.8) is 0 Å². The number of hydrogen-bond donors (Lipinski definition) is 2. The number of hydrogen-bond acceptors (Lipinski definition) is 4. The fraction of sp³-hybridized carbons (Fsp3) is 0.250. The summed E-state index contributed by atoms with van der Waals surface area (Å²) in [5, 5.41) is 0. The standard InChI is InChI=1S/C8H11N2O2/c1-11-6-4-3-5(9)7(10)8(6)12-2/h4H,9-10H2,1-2H3. The molecule has 0 aliphatic heterocycles. The average Bonchev–Trinajstić information content (AvgIpc) is 2.09. The van der Waals surface area contributed by atoms with Gasteiger partial charge in [-0.25, -0.2) is 0 Å². The second-order valence-corrected chi connectivity index (χ2v) is 2.22. The summed E-state index contributed by atoms with van der Waals surface area (Å²) in [5.41, 5.74) is 11.8. The molecule has 4 N–H and O–H groups in total. The van der Waals surface area contributed by atoms with Gasteiger partial charge in [-0.2, -0.15) is 0 Å². The highest BCUT2D eigenvalue weighted by Crippen LogP contribution is 2.36. The van der Waals surface area contributed by atoms with Crippen LogP contribution in [-0.2, 0) is 0 Å². The van der Waals surface area contributed by atoms with Gasteiger partial charge in [0.05, 0.1) is 19.9 Å². The van der Waals surface area contributed by atoms with Gasteiger partial charge in [-0.1, -0.05) is 0 Å². The highest BCUT2D eigenvalue weighted by atomic mass is 16.5. The van der Waals surface area contributed by atoms with Crippen LogP contribution in [0.15, 0.2) is 6.07 Å². The predicted octanol–water partition coefficient (Wildman–Crippen LogP) is 0.668. The number of nitrogen functional groups attached to an aromatic ring is 2. The molecule has 0 aliphatic rings. The van der Waals surface area contributed by atoms with Gasteiger partial charge in [0.15, 0.2) is 11.5 Å². The summed E-state index contributed by atoms with van der Waals surface area (Å²) in [6.07, 6.45) is 0. The Balaban J connectivity index is 3.25. The monoisotopic (exact) mass is 167 g/mol. The van der Waals surface area contributed by atoms with Crippen molar-refractivity contribution in [2.45, 2.75) is 0 Å². The van der Waals surface area contributed by atoms with E-state index >= 15 is 0 Å². The lowest BCUT2D eigenvalue weighted by Gasteiger charge is -2.10. The summed E-state index contributed by atoms with van der Waals surface area (Å²) >= 11 is 0. The van der Waals surface area contributed by atoms with Crippen LogP contribution in [0.2, 0.25) is 0 Å². The van der Waals surface area contributed by atoms with E-state index in [1.165, 1.54) is 14.2 Å². The molecule has 0 fully saturated rings. The number of benzene rings is 1. The van der Waals surface area contributed by atoms with Crippen LogP contribution in [0, 0.1) is 6.07 Å². The van der Waals surface area contributed by atoms with Crippen LogP contribution in [0.3, 0.4) is 0 Å². The summed E-state index contributed by atoms with van der Waals surface area (Å²) in [7, 11) is 3.04. The fourth-order valence-corrected chi connectivity index (χ4v) is 0.904. The molecule has 0 aliphatic carbocycles. The van der Waals surface area contributed by atoms with Gasteiger partial charge in [-0.15, -0.1) is 0 Å². The summed E-state index contributed by atoms with van der Waals surface area (Å²) < 4.78 is 9.98. The number of nitrogens with two attached hydrogens (primary N) is 2. The van der Waals surface area contributed by atoms with Gasteiger partial charge in [0.1, 0.15) is 5.69 Å². The molecule has 1 aromatic rings. The van der Waals surface area contributed by atoms with Crippen LogP contribution in [0.1, 0.15) is 0 Å². The molecule has 4 nitrogen and oxygen atoms in total. The molecule has 4 heteroatoms. The molecular formula is C8H11N2O2. The van der Waals surface area contributed by atoms with Crippen LogP contribution >= 0.6 is 0 Å². The summed E-state index contributed by atoms with van der Waals surface area (Å²) in [4.78, 5) is 0. The molecule has 1 rings (SSSR count). The number of rotatable bonds is 2. The number of anilines is 2. The molecule has 0 saturated heterocycles. The van der Waals surface area contributed by atoms with E-state index in [2.05, 4.69) is 6.07 Å². The Morgan fingerprint density at radius 2 is 1.92 bits per heavy atom.